The van der Waals surface area contributed by atoms with Crippen LogP contribution in [-0.4, -0.2) is 46.5 Å². The van der Waals surface area contributed by atoms with Gasteiger partial charge in [0.05, 0.1) is 5.69 Å². The minimum Gasteiger partial charge on any atom is -0.480 e. The number of urea groups is 1. The molecule has 1 saturated heterocycles. The zero-order valence-corrected chi connectivity index (χ0v) is 13.7. The Morgan fingerprint density at radius 2 is 1.92 bits per heavy atom. The zero-order valence-electron chi connectivity index (χ0n) is 13.7. The Morgan fingerprint density at radius 3 is 2.54 bits per heavy atom. The number of carbonyl (C=O) groups excluding carboxylic acids is 2. The summed E-state index contributed by atoms with van der Waals surface area (Å²) in [6, 6.07) is 5.33. The van der Waals surface area contributed by atoms with Crippen molar-refractivity contribution in [2.45, 2.75) is 38.8 Å². The highest BCUT2D eigenvalue weighted by atomic mass is 16.4. The molecular weight excluding hydrogens is 312 g/mol. The fourth-order valence-corrected chi connectivity index (χ4v) is 2.47. The molecule has 0 saturated carbocycles. The summed E-state index contributed by atoms with van der Waals surface area (Å²) in [6.07, 6.45) is 1.23. The van der Waals surface area contributed by atoms with Crippen LogP contribution >= 0.6 is 0 Å². The second-order valence-corrected chi connectivity index (χ2v) is 5.84. The quantitative estimate of drug-likeness (QED) is 0.602. The average Bonchev–Trinajstić information content (AvgIpc) is 3.03. The van der Waals surface area contributed by atoms with E-state index in [9.17, 15) is 14.4 Å². The predicted octanol–water partition coefficient (Wildman–Crippen LogP) is 1.09. The van der Waals surface area contributed by atoms with Crippen LogP contribution in [0.2, 0.25) is 0 Å². The molecule has 8 heteroatoms. The normalized spacial score (nSPS) is 17.9. The van der Waals surface area contributed by atoms with Crippen LogP contribution in [-0.2, 0) is 9.59 Å². The Balaban J connectivity index is 1.91. The Bertz CT molecular complexity index is 617. The number of carboxylic acids is 1. The van der Waals surface area contributed by atoms with Gasteiger partial charge in [-0.25, -0.2) is 4.79 Å². The Labute approximate surface area is 140 Å². The van der Waals surface area contributed by atoms with Crippen LogP contribution in [0.15, 0.2) is 24.3 Å². The molecule has 0 aromatic heterocycles. The van der Waals surface area contributed by atoms with Crippen molar-refractivity contribution in [3.05, 3.63) is 29.8 Å². The molecule has 0 bridgehead atoms. The summed E-state index contributed by atoms with van der Waals surface area (Å²) in [4.78, 5) is 36.6. The fraction of sp³-hybridized carbons (Fsp3) is 0.438. The molecule has 8 nitrogen and oxygen atoms in total. The minimum absolute atomic E-state index is 0.328. The van der Waals surface area contributed by atoms with E-state index in [1.807, 2.05) is 31.2 Å². The van der Waals surface area contributed by atoms with E-state index in [4.69, 9.17) is 5.11 Å². The molecule has 2 atom stereocenters. The van der Waals surface area contributed by atoms with Crippen molar-refractivity contribution in [1.29, 1.82) is 0 Å². The summed E-state index contributed by atoms with van der Waals surface area (Å²) < 4.78 is 0. The van der Waals surface area contributed by atoms with Crippen LogP contribution in [0.5, 0.6) is 0 Å². The third-order valence-electron chi connectivity index (χ3n) is 3.91. The van der Waals surface area contributed by atoms with Gasteiger partial charge >= 0.3 is 12.0 Å². The number of aliphatic carboxylic acids is 1. The first kappa shape index (κ1) is 17.6. The number of benzene rings is 1. The predicted molar refractivity (Wildman–Crippen MR) is 88.3 cm³/mol. The maximum atomic E-state index is 12.3. The molecule has 0 radical (unpaired) electrons. The van der Waals surface area contributed by atoms with Crippen molar-refractivity contribution in [2.75, 3.05) is 12.0 Å². The Hall–Kier alpha value is -2.77. The molecule has 1 aromatic rings. The van der Waals surface area contributed by atoms with E-state index in [1.165, 1.54) is 11.8 Å². The van der Waals surface area contributed by atoms with Crippen LogP contribution in [0.1, 0.15) is 25.3 Å². The lowest BCUT2D eigenvalue weighted by Crippen LogP contribution is -2.53. The van der Waals surface area contributed by atoms with E-state index in [1.54, 1.807) is 0 Å². The zero-order chi connectivity index (χ0) is 17.7. The summed E-state index contributed by atoms with van der Waals surface area (Å²) in [5, 5.41) is 11.2. The first-order chi connectivity index (χ1) is 11.4. The summed E-state index contributed by atoms with van der Waals surface area (Å²) in [6.45, 7) is 3.76. The average molecular weight is 334 g/mol. The van der Waals surface area contributed by atoms with Gasteiger partial charge in [-0.05, 0) is 38.8 Å². The van der Waals surface area contributed by atoms with Gasteiger partial charge < -0.3 is 15.3 Å². The number of amides is 3. The van der Waals surface area contributed by atoms with Gasteiger partial charge in [0.15, 0.2) is 0 Å². The van der Waals surface area contributed by atoms with Gasteiger partial charge in [-0.3, -0.25) is 20.4 Å². The molecule has 4 N–H and O–H groups in total. The van der Waals surface area contributed by atoms with E-state index in [-0.39, 0.29) is 5.91 Å². The largest absolute Gasteiger partial charge is 0.480 e. The number of rotatable bonds is 5. The number of hydrazine groups is 1. The smallest absolute Gasteiger partial charge is 0.325 e. The van der Waals surface area contributed by atoms with Gasteiger partial charge in [0.25, 0.3) is 5.91 Å². The monoisotopic (exact) mass is 334 g/mol. The van der Waals surface area contributed by atoms with Crippen molar-refractivity contribution in [1.82, 2.24) is 15.6 Å². The molecule has 2 rings (SSSR count). The SMILES string of the molecule is Cc1ccc(NNC(=O)C2CCCN2C(=O)N[C@@H](C)C(=O)O)cc1. The minimum atomic E-state index is -1.12. The number of nitrogens with one attached hydrogen (secondary N) is 3. The van der Waals surface area contributed by atoms with E-state index in [0.717, 1.165) is 11.3 Å². The lowest BCUT2D eigenvalue weighted by molar-refractivity contribution is -0.138. The first-order valence-electron chi connectivity index (χ1n) is 7.81. The van der Waals surface area contributed by atoms with Crippen LogP contribution < -0.4 is 16.2 Å². The number of carboxylic acid groups (broad SMARTS) is 1. The molecule has 1 aromatic carbocycles. The van der Waals surface area contributed by atoms with E-state index in [2.05, 4.69) is 16.2 Å². The summed E-state index contributed by atoms with van der Waals surface area (Å²) in [5.41, 5.74) is 7.26. The van der Waals surface area contributed by atoms with Crippen molar-refractivity contribution in [3.63, 3.8) is 0 Å². The van der Waals surface area contributed by atoms with Crippen LogP contribution in [0.25, 0.3) is 0 Å². The molecule has 1 fully saturated rings. The van der Waals surface area contributed by atoms with Crippen LogP contribution in [0.4, 0.5) is 10.5 Å². The molecule has 130 valence electrons. The summed E-state index contributed by atoms with van der Waals surface area (Å²) >= 11 is 0. The maximum Gasteiger partial charge on any atom is 0.325 e. The fourth-order valence-electron chi connectivity index (χ4n) is 2.47. The van der Waals surface area contributed by atoms with Gasteiger partial charge in [-0.15, -0.1) is 0 Å². The molecular formula is C16H22N4O4. The highest BCUT2D eigenvalue weighted by Gasteiger charge is 2.35. The molecule has 24 heavy (non-hydrogen) atoms. The molecule has 1 aliphatic heterocycles. The van der Waals surface area contributed by atoms with Gasteiger partial charge in [0, 0.05) is 6.54 Å². The highest BCUT2D eigenvalue weighted by Crippen LogP contribution is 2.18. The number of likely N-dealkylation sites (tertiary alicyclic amines) is 1. The van der Waals surface area contributed by atoms with E-state index < -0.39 is 24.1 Å². The lowest BCUT2D eigenvalue weighted by Gasteiger charge is -2.25. The summed E-state index contributed by atoms with van der Waals surface area (Å²) in [7, 11) is 0. The Morgan fingerprint density at radius 1 is 1.25 bits per heavy atom. The topological polar surface area (TPSA) is 111 Å². The van der Waals surface area contributed by atoms with Gasteiger partial charge in [0.2, 0.25) is 0 Å². The first-order valence-corrected chi connectivity index (χ1v) is 7.81. The van der Waals surface area contributed by atoms with Gasteiger partial charge in [0.1, 0.15) is 12.1 Å². The number of anilines is 1. The standard InChI is InChI=1S/C16H22N4O4/c1-10-5-7-12(8-6-10)18-19-14(21)13-4-3-9-20(13)16(24)17-11(2)15(22)23/h5-8,11,13,18H,3-4,9H2,1-2H3,(H,17,24)(H,19,21)(H,22,23)/t11-,13?/m0/s1. The van der Waals surface area contributed by atoms with Crippen molar-refractivity contribution < 1.29 is 19.5 Å². The van der Waals surface area contributed by atoms with E-state index in [0.29, 0.717) is 19.4 Å². The van der Waals surface area contributed by atoms with Gasteiger partial charge in [-0.2, -0.15) is 0 Å². The maximum absolute atomic E-state index is 12.3. The van der Waals surface area contributed by atoms with Gasteiger partial charge in [-0.1, -0.05) is 17.7 Å². The van der Waals surface area contributed by atoms with Crippen molar-refractivity contribution in [3.8, 4) is 0 Å². The molecule has 0 aliphatic carbocycles. The second-order valence-electron chi connectivity index (χ2n) is 5.84. The van der Waals surface area contributed by atoms with Crippen LogP contribution in [0, 0.1) is 6.92 Å². The number of aryl methyl sites for hydroxylation is 1. The molecule has 3 amide bonds. The highest BCUT2D eigenvalue weighted by molar-refractivity contribution is 5.89. The number of hydrogen-bond donors (Lipinski definition) is 4. The van der Waals surface area contributed by atoms with Crippen molar-refractivity contribution >= 4 is 23.6 Å². The number of hydrogen-bond acceptors (Lipinski definition) is 4. The summed E-state index contributed by atoms with van der Waals surface area (Å²) in [5.74, 6) is -1.45. The number of nitrogens with zero attached hydrogens (tertiary/aromatic N) is 1. The Kier molecular flexibility index (Phi) is 5.62. The van der Waals surface area contributed by atoms with Crippen LogP contribution in [0.3, 0.4) is 0 Å². The molecule has 0 spiro atoms. The van der Waals surface area contributed by atoms with E-state index >= 15 is 0 Å². The molecule has 1 aliphatic rings. The number of carbonyl (C=O) groups is 3. The molecule has 1 heterocycles. The molecule has 1 unspecified atom stereocenters. The lowest BCUT2D eigenvalue weighted by atomic mass is 10.2. The third kappa shape index (κ3) is 4.37. The van der Waals surface area contributed by atoms with Crippen molar-refractivity contribution in [2.24, 2.45) is 0 Å². The third-order valence-corrected chi connectivity index (χ3v) is 3.91. The second kappa shape index (κ2) is 7.67.